The van der Waals surface area contributed by atoms with Gasteiger partial charge in [0.15, 0.2) is 0 Å². The van der Waals surface area contributed by atoms with Gasteiger partial charge in [-0.15, -0.1) is 0 Å². The summed E-state index contributed by atoms with van der Waals surface area (Å²) in [6, 6.07) is 7.47. The quantitative estimate of drug-likeness (QED) is 0.662. The van der Waals surface area contributed by atoms with Gasteiger partial charge in [0.1, 0.15) is 0 Å². The van der Waals surface area contributed by atoms with E-state index in [1.807, 2.05) is 24.3 Å². The van der Waals surface area contributed by atoms with E-state index in [-0.39, 0.29) is 6.10 Å². The summed E-state index contributed by atoms with van der Waals surface area (Å²) in [7, 11) is 1.63. The summed E-state index contributed by atoms with van der Waals surface area (Å²) in [6.45, 7) is 3.79. The van der Waals surface area contributed by atoms with Gasteiger partial charge in [0.25, 0.3) is 0 Å². The van der Waals surface area contributed by atoms with Crippen LogP contribution in [0, 0.1) is 6.92 Å². The predicted octanol–water partition coefficient (Wildman–Crippen LogP) is 2.86. The van der Waals surface area contributed by atoms with Crippen LogP contribution < -0.4 is 0 Å². The van der Waals surface area contributed by atoms with Crippen molar-refractivity contribution in [3.63, 3.8) is 0 Å². The third kappa shape index (κ3) is 2.21. The van der Waals surface area contributed by atoms with Crippen LogP contribution in [0.5, 0.6) is 0 Å². The molecule has 0 amide bonds. The van der Waals surface area contributed by atoms with Crippen LogP contribution >= 0.6 is 11.6 Å². The molecule has 0 saturated carbocycles. The van der Waals surface area contributed by atoms with E-state index < -0.39 is 0 Å². The third-order valence-corrected chi connectivity index (χ3v) is 1.78. The van der Waals surface area contributed by atoms with Crippen LogP contribution in [0.3, 0.4) is 0 Å². The number of hydrogen-bond acceptors (Lipinski definition) is 1. The summed E-state index contributed by atoms with van der Waals surface area (Å²) >= 11 is 5.70. The highest BCUT2D eigenvalue weighted by Crippen LogP contribution is 2.17. The molecule has 0 spiro atoms. The first-order valence-corrected chi connectivity index (χ1v) is 3.73. The Bertz CT molecular complexity index is 218. The Hall–Kier alpha value is -0.530. The first-order chi connectivity index (χ1) is 5.24. The number of hydrogen-bond donors (Lipinski definition) is 0. The van der Waals surface area contributed by atoms with Crippen LogP contribution in [0.2, 0.25) is 5.02 Å². The van der Waals surface area contributed by atoms with Gasteiger partial charge in [-0.2, -0.15) is 0 Å². The van der Waals surface area contributed by atoms with Crippen molar-refractivity contribution < 1.29 is 4.74 Å². The Balaban J connectivity index is 2.81. The van der Waals surface area contributed by atoms with Crippen molar-refractivity contribution in [3.05, 3.63) is 41.8 Å². The molecular weight excluding hydrogens is 160 g/mol. The zero-order chi connectivity index (χ0) is 8.27. The largest absolute Gasteiger partial charge is 0.377 e. The summed E-state index contributed by atoms with van der Waals surface area (Å²) in [4.78, 5) is 0. The summed E-state index contributed by atoms with van der Waals surface area (Å²) in [5.41, 5.74) is 1.04. The molecule has 0 heterocycles. The fourth-order valence-corrected chi connectivity index (χ4v) is 0.940. The van der Waals surface area contributed by atoms with E-state index in [0.717, 1.165) is 10.6 Å². The Morgan fingerprint density at radius 1 is 1.36 bits per heavy atom. The average molecular weight is 170 g/mol. The van der Waals surface area contributed by atoms with E-state index in [4.69, 9.17) is 16.3 Å². The second-order valence-electron chi connectivity index (χ2n) is 2.28. The van der Waals surface area contributed by atoms with Gasteiger partial charge < -0.3 is 4.74 Å². The molecule has 11 heavy (non-hydrogen) atoms. The number of ether oxygens (including phenoxy) is 1. The monoisotopic (exact) mass is 169 g/mol. The Morgan fingerprint density at radius 3 is 2.36 bits per heavy atom. The van der Waals surface area contributed by atoms with Crippen molar-refractivity contribution in [1.82, 2.24) is 0 Å². The van der Waals surface area contributed by atoms with E-state index in [1.54, 1.807) is 7.11 Å². The van der Waals surface area contributed by atoms with Crippen molar-refractivity contribution in [3.8, 4) is 0 Å². The molecule has 0 aliphatic heterocycles. The molecule has 1 aromatic carbocycles. The summed E-state index contributed by atoms with van der Waals surface area (Å²) in [5.74, 6) is 0. The lowest BCUT2D eigenvalue weighted by Gasteiger charge is -2.08. The fourth-order valence-electron chi connectivity index (χ4n) is 0.814. The Labute approximate surface area is 71.9 Å². The number of rotatable bonds is 2. The molecule has 1 rings (SSSR count). The van der Waals surface area contributed by atoms with Crippen molar-refractivity contribution >= 4 is 11.6 Å². The maximum Gasteiger partial charge on any atom is 0.0822 e. The number of methoxy groups -OCH3 is 1. The highest BCUT2D eigenvalue weighted by atomic mass is 35.5. The Kier molecular flexibility index (Phi) is 2.92. The fraction of sp³-hybridized carbons (Fsp3) is 0.222. The first kappa shape index (κ1) is 8.57. The molecule has 1 nitrogen and oxygen atoms in total. The average Bonchev–Trinajstić information content (AvgIpc) is 2.05. The first-order valence-electron chi connectivity index (χ1n) is 3.35. The molecule has 0 aliphatic rings. The minimum absolute atomic E-state index is 0.104. The summed E-state index contributed by atoms with van der Waals surface area (Å²) < 4.78 is 5.02. The molecule has 0 aromatic heterocycles. The van der Waals surface area contributed by atoms with Gasteiger partial charge in [0, 0.05) is 12.1 Å². The maximum absolute atomic E-state index is 5.70. The lowest BCUT2D eigenvalue weighted by molar-refractivity contribution is 0.140. The molecule has 59 valence electrons. The van der Waals surface area contributed by atoms with Gasteiger partial charge in [-0.1, -0.05) is 23.7 Å². The van der Waals surface area contributed by atoms with Crippen LogP contribution in [0.15, 0.2) is 24.3 Å². The van der Waals surface area contributed by atoms with Gasteiger partial charge in [-0.05, 0) is 24.6 Å². The SMILES string of the molecule is [CH2]C(OC)c1ccc(Cl)cc1. The van der Waals surface area contributed by atoms with Crippen LogP contribution in [0.25, 0.3) is 0 Å². The predicted molar refractivity (Wildman–Crippen MR) is 46.6 cm³/mol. The van der Waals surface area contributed by atoms with E-state index in [0.29, 0.717) is 0 Å². The lowest BCUT2D eigenvalue weighted by atomic mass is 10.1. The van der Waals surface area contributed by atoms with Gasteiger partial charge in [0.2, 0.25) is 0 Å². The minimum atomic E-state index is -0.104. The third-order valence-electron chi connectivity index (χ3n) is 1.53. The van der Waals surface area contributed by atoms with Crippen molar-refractivity contribution in [2.24, 2.45) is 0 Å². The minimum Gasteiger partial charge on any atom is -0.377 e. The van der Waals surface area contributed by atoms with Gasteiger partial charge in [-0.3, -0.25) is 0 Å². The molecule has 1 radical (unpaired) electrons. The number of halogens is 1. The molecule has 1 atom stereocenters. The lowest BCUT2D eigenvalue weighted by Crippen LogP contribution is -1.94. The normalized spacial score (nSPS) is 13.0. The van der Waals surface area contributed by atoms with Gasteiger partial charge in [-0.25, -0.2) is 0 Å². The van der Waals surface area contributed by atoms with E-state index in [2.05, 4.69) is 6.92 Å². The van der Waals surface area contributed by atoms with Crippen molar-refractivity contribution in [2.75, 3.05) is 7.11 Å². The maximum atomic E-state index is 5.70. The summed E-state index contributed by atoms with van der Waals surface area (Å²) in [5, 5.41) is 0.733. The molecule has 1 unspecified atom stereocenters. The Morgan fingerprint density at radius 2 is 1.91 bits per heavy atom. The second-order valence-corrected chi connectivity index (χ2v) is 2.71. The highest BCUT2D eigenvalue weighted by molar-refractivity contribution is 6.30. The van der Waals surface area contributed by atoms with Crippen LogP contribution in [-0.2, 0) is 4.74 Å². The van der Waals surface area contributed by atoms with Crippen LogP contribution in [0.1, 0.15) is 11.7 Å². The molecule has 0 bridgehead atoms. The molecule has 2 heteroatoms. The van der Waals surface area contributed by atoms with Gasteiger partial charge in [0.05, 0.1) is 6.10 Å². The van der Waals surface area contributed by atoms with E-state index >= 15 is 0 Å². The van der Waals surface area contributed by atoms with E-state index in [9.17, 15) is 0 Å². The van der Waals surface area contributed by atoms with Crippen LogP contribution in [-0.4, -0.2) is 7.11 Å². The van der Waals surface area contributed by atoms with Crippen molar-refractivity contribution in [1.29, 1.82) is 0 Å². The van der Waals surface area contributed by atoms with Crippen LogP contribution in [0.4, 0.5) is 0 Å². The molecule has 0 fully saturated rings. The zero-order valence-corrected chi connectivity index (χ0v) is 7.14. The van der Waals surface area contributed by atoms with E-state index in [1.165, 1.54) is 0 Å². The standard InChI is InChI=1S/C9H10ClO/c1-7(11-2)8-3-5-9(10)6-4-8/h3-7H,1H2,2H3. The van der Waals surface area contributed by atoms with Crippen molar-refractivity contribution in [2.45, 2.75) is 6.10 Å². The summed E-state index contributed by atoms with van der Waals surface area (Å²) in [6.07, 6.45) is -0.104. The van der Waals surface area contributed by atoms with Gasteiger partial charge >= 0.3 is 0 Å². The smallest absolute Gasteiger partial charge is 0.0822 e. The second kappa shape index (κ2) is 3.74. The molecule has 1 aromatic rings. The molecular formula is C9H10ClO. The molecule has 0 N–H and O–H groups in total. The molecule has 0 aliphatic carbocycles. The number of benzene rings is 1. The zero-order valence-electron chi connectivity index (χ0n) is 6.38. The molecule has 0 saturated heterocycles. The topological polar surface area (TPSA) is 9.23 Å². The highest BCUT2D eigenvalue weighted by Gasteiger charge is 2.01.